The Morgan fingerprint density at radius 2 is 0.605 bits per heavy atom. The van der Waals surface area contributed by atoms with E-state index in [9.17, 15) is 0 Å². The number of anilines is 6. The number of hydrogen-bond donors (Lipinski definition) is 0. The molecule has 0 fully saturated rings. The molecule has 15 aromatic rings. The third kappa shape index (κ3) is 6.37. The Morgan fingerprint density at radius 1 is 0.276 bits per heavy atom. The van der Waals surface area contributed by atoms with Crippen molar-refractivity contribution in [3.05, 3.63) is 254 Å². The molecule has 0 saturated carbocycles. The minimum absolute atomic E-state index is 0.432. The first kappa shape index (κ1) is 44.1. The lowest BCUT2D eigenvalue weighted by Gasteiger charge is -2.27. The molecule has 0 aliphatic rings. The summed E-state index contributed by atoms with van der Waals surface area (Å²) in [5.41, 5.74) is 21.6. The van der Waals surface area contributed by atoms with Crippen LogP contribution in [0.2, 0.25) is 0 Å². The Bertz CT molecular complexity index is 4350. The fourth-order valence-corrected chi connectivity index (χ4v) is 12.9. The van der Waals surface area contributed by atoms with Gasteiger partial charge in [-0.2, -0.15) is 0 Å². The number of rotatable bonds is 10. The van der Waals surface area contributed by atoms with Gasteiger partial charge in [-0.25, -0.2) is 0 Å². The highest BCUT2D eigenvalue weighted by Crippen LogP contribution is 2.57. The zero-order valence-electron chi connectivity index (χ0n) is 43.0. The topological polar surface area (TPSA) is 15.3 Å². The van der Waals surface area contributed by atoms with Gasteiger partial charge in [0.15, 0.2) is 0 Å². The van der Waals surface area contributed by atoms with Crippen LogP contribution in [0.4, 0.5) is 34.1 Å². The second-order valence-electron chi connectivity index (χ2n) is 21.2. The van der Waals surface area contributed by atoms with Crippen molar-refractivity contribution >= 4 is 110 Å². The number of hydrogen-bond acceptors (Lipinski definition) is 2. The fourth-order valence-electron chi connectivity index (χ4n) is 12.9. The second-order valence-corrected chi connectivity index (χ2v) is 21.2. The molecule has 0 atom stereocenters. The lowest BCUT2D eigenvalue weighted by atomic mass is 9.89. The predicted molar refractivity (Wildman–Crippen MR) is 324 cm³/mol. The number of nitrogens with zero attached hydrogens (tertiary/aromatic N) is 4. The summed E-state index contributed by atoms with van der Waals surface area (Å²) in [6.45, 7) is 9.06. The van der Waals surface area contributed by atoms with Crippen molar-refractivity contribution in [1.82, 2.24) is 8.80 Å². The van der Waals surface area contributed by atoms with Crippen LogP contribution in [-0.4, -0.2) is 8.80 Å². The van der Waals surface area contributed by atoms with Crippen LogP contribution in [0.3, 0.4) is 0 Å². The molecule has 362 valence electrons. The minimum atomic E-state index is 0.432. The Morgan fingerprint density at radius 3 is 0.974 bits per heavy atom. The number of para-hydroxylation sites is 4. The van der Waals surface area contributed by atoms with E-state index in [-0.39, 0.29) is 0 Å². The van der Waals surface area contributed by atoms with Gasteiger partial charge in [-0.15, -0.1) is 0 Å². The summed E-state index contributed by atoms with van der Waals surface area (Å²) >= 11 is 0. The molecule has 76 heavy (non-hydrogen) atoms. The van der Waals surface area contributed by atoms with Gasteiger partial charge in [-0.3, -0.25) is 0 Å². The van der Waals surface area contributed by atoms with Gasteiger partial charge in [0.1, 0.15) is 0 Å². The van der Waals surface area contributed by atoms with Crippen LogP contribution >= 0.6 is 0 Å². The second kappa shape index (κ2) is 17.1. The molecular formula is C72H54N4. The molecule has 0 unspecified atom stereocenters. The molecule has 0 amide bonds. The smallest absolute Gasteiger partial charge is 0.0642 e. The summed E-state index contributed by atoms with van der Waals surface area (Å²) in [5, 5.41) is 9.90. The maximum Gasteiger partial charge on any atom is 0.0642 e. The predicted octanol–water partition coefficient (Wildman–Crippen LogP) is 20.5. The summed E-state index contributed by atoms with van der Waals surface area (Å²) in [7, 11) is 0. The van der Waals surface area contributed by atoms with Crippen molar-refractivity contribution in [3.63, 3.8) is 0 Å². The first-order valence-corrected chi connectivity index (χ1v) is 26.8. The molecule has 4 heteroatoms. The van der Waals surface area contributed by atoms with Crippen LogP contribution in [0.5, 0.6) is 0 Å². The van der Waals surface area contributed by atoms with Gasteiger partial charge in [-0.05, 0) is 107 Å². The fraction of sp³-hybridized carbons (Fsp3) is 0.0833. The zero-order chi connectivity index (χ0) is 50.8. The lowest BCUT2D eigenvalue weighted by molar-refractivity contribution is 0.866. The Balaban J connectivity index is 1.14. The lowest BCUT2D eigenvalue weighted by Crippen LogP contribution is -2.10. The van der Waals surface area contributed by atoms with Crippen LogP contribution in [-0.2, 0) is 0 Å². The molecule has 4 aromatic heterocycles. The van der Waals surface area contributed by atoms with Crippen LogP contribution in [0.25, 0.3) is 98.4 Å². The molecule has 11 aromatic carbocycles. The normalized spacial score (nSPS) is 12.2. The Hall–Kier alpha value is -9.38. The van der Waals surface area contributed by atoms with Crippen molar-refractivity contribution in [3.8, 4) is 22.3 Å². The molecule has 0 aliphatic heterocycles. The van der Waals surface area contributed by atoms with E-state index in [1.54, 1.807) is 0 Å². The maximum absolute atomic E-state index is 2.63. The number of benzene rings is 11. The van der Waals surface area contributed by atoms with E-state index in [4.69, 9.17) is 0 Å². The Kier molecular flexibility index (Phi) is 9.93. The molecule has 0 spiro atoms. The van der Waals surface area contributed by atoms with Gasteiger partial charge < -0.3 is 18.6 Å². The summed E-state index contributed by atoms with van der Waals surface area (Å²) in [4.78, 5) is 4.93. The van der Waals surface area contributed by atoms with Crippen molar-refractivity contribution in [2.75, 3.05) is 9.80 Å². The molecule has 0 saturated heterocycles. The summed E-state index contributed by atoms with van der Waals surface area (Å²) in [6.07, 6.45) is 0. The summed E-state index contributed by atoms with van der Waals surface area (Å²) < 4.78 is 5.27. The first-order chi connectivity index (χ1) is 37.4. The molecule has 0 N–H and O–H groups in total. The highest BCUT2D eigenvalue weighted by molar-refractivity contribution is 6.39. The molecule has 4 nitrogen and oxygen atoms in total. The zero-order valence-corrected chi connectivity index (χ0v) is 43.0. The van der Waals surface area contributed by atoms with Crippen LogP contribution in [0.15, 0.2) is 243 Å². The SMILES string of the molecule is CC(C)c1ccc(N(c2ccccc2)c2ccc3c4c(-c5ccccc5)c5c(c(-c6ccccc6)c4n4c6ccccc6c2c34)c2ccc(N(c3ccccc3)c3ccc(C(C)C)cc3)c3c4ccccc4n5c23)cc1. The summed E-state index contributed by atoms with van der Waals surface area (Å²) in [5.74, 6) is 0.863. The van der Waals surface area contributed by atoms with Crippen molar-refractivity contribution in [2.45, 2.75) is 39.5 Å². The van der Waals surface area contributed by atoms with E-state index in [1.807, 2.05) is 0 Å². The monoisotopic (exact) mass is 974 g/mol. The Labute approximate surface area is 442 Å². The van der Waals surface area contributed by atoms with E-state index in [1.165, 1.54) is 110 Å². The van der Waals surface area contributed by atoms with Gasteiger partial charge in [0.05, 0.1) is 44.5 Å². The molecular weight excluding hydrogens is 921 g/mol. The quantitative estimate of drug-likeness (QED) is 0.136. The third-order valence-corrected chi connectivity index (χ3v) is 16.3. The van der Waals surface area contributed by atoms with Gasteiger partial charge in [0, 0.05) is 77.0 Å². The minimum Gasteiger partial charge on any atom is -0.310 e. The largest absolute Gasteiger partial charge is 0.310 e. The van der Waals surface area contributed by atoms with Gasteiger partial charge in [-0.1, -0.05) is 198 Å². The van der Waals surface area contributed by atoms with E-state index >= 15 is 0 Å². The average Bonchev–Trinajstić information content (AvgIpc) is 4.30. The first-order valence-electron chi connectivity index (χ1n) is 26.8. The molecule has 0 radical (unpaired) electrons. The molecule has 15 rings (SSSR count). The van der Waals surface area contributed by atoms with Crippen molar-refractivity contribution < 1.29 is 0 Å². The molecule has 0 bridgehead atoms. The van der Waals surface area contributed by atoms with Gasteiger partial charge >= 0.3 is 0 Å². The van der Waals surface area contributed by atoms with E-state index in [2.05, 4.69) is 289 Å². The maximum atomic E-state index is 2.63. The molecule has 0 aliphatic carbocycles. The highest BCUT2D eigenvalue weighted by atomic mass is 15.2. The van der Waals surface area contributed by atoms with E-state index in [0.717, 1.165) is 34.1 Å². The van der Waals surface area contributed by atoms with E-state index < -0.39 is 0 Å². The third-order valence-electron chi connectivity index (χ3n) is 16.3. The van der Waals surface area contributed by atoms with Crippen LogP contribution in [0.1, 0.15) is 50.7 Å². The molecule has 4 heterocycles. The number of fused-ring (bicyclic) bond motifs is 12. The standard InChI is InChI=1S/C72H54N4/c1-45(2)47-33-37-53(38-34-47)73(51-25-13-7-14-26-51)61-43-41-57-67-63(49-21-9-5-10-22-49)72-68(64(50-23-11-6-12-24-50)71(67)75-59-31-19-17-29-55(59)65(61)69(57)75)58-42-44-62(66-56-30-18-20-32-60(56)76(72)70(58)66)74(52-27-15-8-16-28-52)54-39-35-48(36-40-54)46(3)4/h5-46H,1-4H3. The number of aromatic nitrogens is 2. The van der Waals surface area contributed by atoms with Crippen LogP contribution < -0.4 is 9.80 Å². The average molecular weight is 975 g/mol. The van der Waals surface area contributed by atoms with E-state index in [0.29, 0.717) is 11.8 Å². The van der Waals surface area contributed by atoms with Crippen LogP contribution in [0, 0.1) is 0 Å². The van der Waals surface area contributed by atoms with Crippen molar-refractivity contribution in [2.24, 2.45) is 0 Å². The van der Waals surface area contributed by atoms with Gasteiger partial charge in [0.2, 0.25) is 0 Å². The van der Waals surface area contributed by atoms with Crippen molar-refractivity contribution in [1.29, 1.82) is 0 Å². The highest BCUT2D eigenvalue weighted by Gasteiger charge is 2.33. The van der Waals surface area contributed by atoms with Gasteiger partial charge in [0.25, 0.3) is 0 Å². The summed E-state index contributed by atoms with van der Waals surface area (Å²) in [6, 6.07) is 90.4.